The summed E-state index contributed by atoms with van der Waals surface area (Å²) in [5.74, 6) is -1.54. The van der Waals surface area contributed by atoms with Crippen LogP contribution in [0.25, 0.3) is 0 Å². The lowest BCUT2D eigenvalue weighted by Crippen LogP contribution is -1.98. The number of aromatic carboxylic acids is 1. The van der Waals surface area contributed by atoms with Crippen LogP contribution in [0.4, 0.5) is 5.82 Å². The molecule has 8 heteroatoms. The van der Waals surface area contributed by atoms with E-state index in [2.05, 4.69) is 4.98 Å². The van der Waals surface area contributed by atoms with Crippen LogP contribution >= 0.6 is 11.3 Å². The molecule has 1 aromatic rings. The molecular weight excluding hydrogens is 216 g/mol. The normalized spacial score (nSPS) is 11.5. The number of nitrogens with zero attached hydrogens (tertiary/aromatic N) is 1. The average molecular weight is 222 g/mol. The number of anilines is 1. The lowest BCUT2D eigenvalue weighted by molar-refractivity contribution is 0.0703. The Balaban J connectivity index is 3.33. The second kappa shape index (κ2) is 2.96. The third kappa shape index (κ3) is 1.95. The van der Waals surface area contributed by atoms with Crippen molar-refractivity contribution in [3.8, 4) is 0 Å². The molecule has 0 saturated carbocycles. The highest BCUT2D eigenvalue weighted by Crippen LogP contribution is 2.23. The first-order valence-corrected chi connectivity index (χ1v) is 5.73. The number of hydrogen-bond donors (Lipinski definition) is 2. The average Bonchev–Trinajstić information content (AvgIpc) is 2.29. The second-order valence-corrected chi connectivity index (χ2v) is 5.46. The Morgan fingerprint density at radius 1 is 1.62 bits per heavy atom. The van der Waals surface area contributed by atoms with Gasteiger partial charge in [-0.25, -0.2) is 18.2 Å². The molecule has 0 radical (unpaired) electrons. The Kier molecular flexibility index (Phi) is 2.26. The van der Waals surface area contributed by atoms with E-state index < -0.39 is 15.8 Å². The van der Waals surface area contributed by atoms with Gasteiger partial charge in [0.1, 0.15) is 0 Å². The van der Waals surface area contributed by atoms with Gasteiger partial charge in [-0.2, -0.15) is 0 Å². The smallest absolute Gasteiger partial charge is 0.349 e. The van der Waals surface area contributed by atoms with Gasteiger partial charge < -0.3 is 10.8 Å². The number of rotatable bonds is 2. The zero-order valence-corrected chi connectivity index (χ0v) is 8.15. The minimum absolute atomic E-state index is 0.250. The van der Waals surface area contributed by atoms with Crippen molar-refractivity contribution in [2.75, 3.05) is 12.0 Å². The van der Waals surface area contributed by atoms with E-state index in [1.807, 2.05) is 0 Å². The Morgan fingerprint density at radius 2 is 2.15 bits per heavy atom. The molecule has 0 bridgehead atoms. The second-order valence-electron chi connectivity index (χ2n) is 2.27. The number of thiazole rings is 1. The fraction of sp³-hybridized carbons (Fsp3) is 0.200. The fourth-order valence-corrected chi connectivity index (χ4v) is 2.30. The van der Waals surface area contributed by atoms with E-state index in [9.17, 15) is 13.2 Å². The largest absolute Gasteiger partial charge is 0.477 e. The molecule has 0 aliphatic carbocycles. The first-order chi connectivity index (χ1) is 5.82. The van der Waals surface area contributed by atoms with Crippen LogP contribution in [-0.2, 0) is 9.84 Å². The van der Waals surface area contributed by atoms with Crippen molar-refractivity contribution < 1.29 is 18.3 Å². The molecule has 0 unspecified atom stereocenters. The summed E-state index contributed by atoms with van der Waals surface area (Å²) >= 11 is 0.551. The Bertz CT molecular complexity index is 447. The molecule has 0 aromatic carbocycles. The molecule has 0 aliphatic rings. The van der Waals surface area contributed by atoms with Gasteiger partial charge in [0.15, 0.2) is 10.7 Å². The molecule has 72 valence electrons. The third-order valence-electron chi connectivity index (χ3n) is 1.15. The van der Waals surface area contributed by atoms with Crippen LogP contribution in [0.15, 0.2) is 4.34 Å². The van der Waals surface area contributed by atoms with E-state index in [1.54, 1.807) is 0 Å². The van der Waals surface area contributed by atoms with Crippen LogP contribution in [0, 0.1) is 0 Å². The molecule has 0 fully saturated rings. The molecule has 0 amide bonds. The predicted octanol–water partition coefficient (Wildman–Crippen LogP) is -0.173. The SMILES string of the molecule is CS(=O)(=O)c1nc(N)c(C(=O)O)s1. The molecule has 0 saturated heterocycles. The monoisotopic (exact) mass is 222 g/mol. The van der Waals surface area contributed by atoms with Gasteiger partial charge in [0.05, 0.1) is 0 Å². The lowest BCUT2D eigenvalue weighted by atomic mass is 10.5. The maximum Gasteiger partial charge on any atom is 0.349 e. The van der Waals surface area contributed by atoms with Gasteiger partial charge in [0.2, 0.25) is 14.2 Å². The molecule has 0 aliphatic heterocycles. The van der Waals surface area contributed by atoms with Crippen LogP contribution in [-0.4, -0.2) is 30.7 Å². The van der Waals surface area contributed by atoms with Gasteiger partial charge >= 0.3 is 5.97 Å². The van der Waals surface area contributed by atoms with Gasteiger partial charge in [0.25, 0.3) is 0 Å². The third-order valence-corrected chi connectivity index (χ3v) is 3.88. The molecule has 6 nitrogen and oxygen atoms in total. The van der Waals surface area contributed by atoms with Gasteiger partial charge in [-0.05, 0) is 0 Å². The fourth-order valence-electron chi connectivity index (χ4n) is 0.623. The number of aromatic nitrogens is 1. The first-order valence-electron chi connectivity index (χ1n) is 3.02. The quantitative estimate of drug-likeness (QED) is 0.718. The van der Waals surface area contributed by atoms with E-state index in [-0.39, 0.29) is 15.0 Å². The molecule has 13 heavy (non-hydrogen) atoms. The molecule has 1 heterocycles. The summed E-state index contributed by atoms with van der Waals surface area (Å²) in [5.41, 5.74) is 5.19. The summed E-state index contributed by atoms with van der Waals surface area (Å²) < 4.78 is 21.6. The topological polar surface area (TPSA) is 110 Å². The molecule has 0 atom stereocenters. The van der Waals surface area contributed by atoms with Crippen molar-refractivity contribution in [2.24, 2.45) is 0 Å². The summed E-state index contributed by atoms with van der Waals surface area (Å²) in [7, 11) is -3.47. The zero-order chi connectivity index (χ0) is 10.2. The van der Waals surface area contributed by atoms with Crippen molar-refractivity contribution >= 4 is 33.0 Å². The van der Waals surface area contributed by atoms with E-state index >= 15 is 0 Å². The number of nitrogens with two attached hydrogens (primary N) is 1. The van der Waals surface area contributed by atoms with Crippen LogP contribution in [0.1, 0.15) is 9.67 Å². The standard InChI is InChI=1S/C5H6N2O4S2/c1-13(10,11)5-7-3(6)2(12-5)4(8)9/h6H2,1H3,(H,8,9). The lowest BCUT2D eigenvalue weighted by Gasteiger charge is -1.85. The van der Waals surface area contributed by atoms with Crippen molar-refractivity contribution in [2.45, 2.75) is 4.34 Å². The maximum atomic E-state index is 10.9. The highest BCUT2D eigenvalue weighted by Gasteiger charge is 2.20. The first kappa shape index (κ1) is 9.93. The summed E-state index contributed by atoms with van der Waals surface area (Å²) in [6.07, 6.45) is 0.941. The molecule has 1 rings (SSSR count). The Morgan fingerprint density at radius 3 is 2.38 bits per heavy atom. The predicted molar refractivity (Wildman–Crippen MR) is 46.6 cm³/mol. The molecule has 3 N–H and O–H groups in total. The number of carboxylic acid groups (broad SMARTS) is 1. The van der Waals surface area contributed by atoms with E-state index in [0.717, 1.165) is 6.26 Å². The van der Waals surface area contributed by atoms with Crippen LogP contribution < -0.4 is 5.73 Å². The Labute approximate surface area is 77.9 Å². The number of carbonyl (C=O) groups is 1. The van der Waals surface area contributed by atoms with E-state index in [1.165, 1.54) is 0 Å². The number of carboxylic acids is 1. The molecular formula is C5H6N2O4S2. The van der Waals surface area contributed by atoms with E-state index in [0.29, 0.717) is 11.3 Å². The highest BCUT2D eigenvalue weighted by atomic mass is 32.2. The van der Waals surface area contributed by atoms with Crippen molar-refractivity contribution in [1.82, 2.24) is 4.98 Å². The number of nitrogen functional groups attached to an aromatic ring is 1. The maximum absolute atomic E-state index is 10.9. The Hall–Kier alpha value is -1.15. The van der Waals surface area contributed by atoms with Crippen molar-refractivity contribution in [3.05, 3.63) is 4.88 Å². The summed E-state index contributed by atoms with van der Waals surface area (Å²) in [6, 6.07) is 0. The van der Waals surface area contributed by atoms with Crippen LogP contribution in [0.5, 0.6) is 0 Å². The number of hydrogen-bond acceptors (Lipinski definition) is 6. The minimum atomic E-state index is -3.47. The molecule has 1 aromatic heterocycles. The summed E-state index contributed by atoms with van der Waals surface area (Å²) in [6.45, 7) is 0. The highest BCUT2D eigenvalue weighted by molar-refractivity contribution is 7.92. The van der Waals surface area contributed by atoms with Crippen LogP contribution in [0.2, 0.25) is 0 Å². The summed E-state index contributed by atoms with van der Waals surface area (Å²) in [4.78, 5) is 13.6. The molecule has 0 spiro atoms. The van der Waals surface area contributed by atoms with Crippen LogP contribution in [0.3, 0.4) is 0 Å². The van der Waals surface area contributed by atoms with Gasteiger partial charge in [-0.15, -0.1) is 0 Å². The van der Waals surface area contributed by atoms with Gasteiger partial charge in [-0.3, -0.25) is 0 Å². The van der Waals surface area contributed by atoms with Gasteiger partial charge in [-0.1, -0.05) is 11.3 Å². The minimum Gasteiger partial charge on any atom is -0.477 e. The summed E-state index contributed by atoms with van der Waals surface area (Å²) in [5, 5.41) is 8.54. The van der Waals surface area contributed by atoms with Crippen molar-refractivity contribution in [3.63, 3.8) is 0 Å². The van der Waals surface area contributed by atoms with Crippen molar-refractivity contribution in [1.29, 1.82) is 0 Å². The zero-order valence-electron chi connectivity index (χ0n) is 6.51. The van der Waals surface area contributed by atoms with Gasteiger partial charge in [0, 0.05) is 6.26 Å². The van der Waals surface area contributed by atoms with E-state index in [4.69, 9.17) is 10.8 Å². The number of sulfone groups is 1.